The number of fused-ring (bicyclic) bond motifs is 1. The van der Waals surface area contributed by atoms with Gasteiger partial charge in [-0.25, -0.2) is 24.7 Å². The zero-order chi connectivity index (χ0) is 19.7. The second-order valence-corrected chi connectivity index (χ2v) is 6.17. The van der Waals surface area contributed by atoms with Gasteiger partial charge in [-0.1, -0.05) is 13.8 Å². The molecule has 2 aliphatic rings. The van der Waals surface area contributed by atoms with Crippen LogP contribution in [0.1, 0.15) is 20.1 Å². The number of aliphatic hydroxyl groups is 1. The highest BCUT2D eigenvalue weighted by atomic mass is 16.7. The van der Waals surface area contributed by atoms with Gasteiger partial charge in [0.05, 0.1) is 12.5 Å². The molecular formula is C15H17N3O9. The van der Waals surface area contributed by atoms with Crippen molar-refractivity contribution >= 4 is 23.7 Å². The zero-order valence-corrected chi connectivity index (χ0v) is 14.4. The molecule has 4 atom stereocenters. The minimum absolute atomic E-state index is 0.0226. The lowest BCUT2D eigenvalue weighted by Crippen LogP contribution is -2.48. The monoisotopic (exact) mass is 383 g/mol. The summed E-state index contributed by atoms with van der Waals surface area (Å²) < 4.78 is 16.4. The van der Waals surface area contributed by atoms with Crippen molar-refractivity contribution in [2.45, 2.75) is 38.4 Å². The average Bonchev–Trinajstić information content (AvgIpc) is 2.97. The number of nitrogens with zero attached hydrogens (tertiary/aromatic N) is 2. The molecule has 2 saturated heterocycles. The number of aromatic nitrogens is 2. The minimum atomic E-state index is -1.22. The molecule has 3 heterocycles. The van der Waals surface area contributed by atoms with Gasteiger partial charge in [0.1, 0.15) is 6.10 Å². The summed E-state index contributed by atoms with van der Waals surface area (Å²) in [7, 11) is 0. The normalized spacial score (nSPS) is 27.0. The lowest BCUT2D eigenvalue weighted by molar-refractivity contribution is -0.195. The number of aliphatic hydroxyl groups excluding tert-OH is 1. The Morgan fingerprint density at radius 3 is 2.56 bits per heavy atom. The minimum Gasteiger partial charge on any atom is -0.447 e. The number of esters is 2. The van der Waals surface area contributed by atoms with Gasteiger partial charge in [-0.3, -0.25) is 4.57 Å². The summed E-state index contributed by atoms with van der Waals surface area (Å²) in [6, 6.07) is 1.33. The highest BCUT2D eigenvalue weighted by Gasteiger charge is 2.54. The van der Waals surface area contributed by atoms with Crippen molar-refractivity contribution < 1.29 is 38.5 Å². The van der Waals surface area contributed by atoms with Crippen molar-refractivity contribution in [3.8, 4) is 0 Å². The van der Waals surface area contributed by atoms with Crippen LogP contribution in [0.3, 0.4) is 0 Å². The van der Waals surface area contributed by atoms with Crippen molar-refractivity contribution in [3.05, 3.63) is 22.7 Å². The first kappa shape index (κ1) is 18.8. The van der Waals surface area contributed by atoms with Crippen LogP contribution in [0.25, 0.3) is 0 Å². The van der Waals surface area contributed by atoms with E-state index in [0.717, 1.165) is 4.57 Å². The molecule has 0 saturated carbocycles. The van der Waals surface area contributed by atoms with Gasteiger partial charge in [0.25, 0.3) is 0 Å². The molecule has 12 heteroatoms. The molecule has 0 bridgehead atoms. The summed E-state index contributed by atoms with van der Waals surface area (Å²) >= 11 is 0. The lowest BCUT2D eigenvalue weighted by Gasteiger charge is -2.27. The van der Waals surface area contributed by atoms with Crippen molar-refractivity contribution in [3.63, 3.8) is 0 Å². The molecule has 3 rings (SSSR count). The van der Waals surface area contributed by atoms with E-state index in [1.165, 1.54) is 12.3 Å². The molecule has 146 valence electrons. The Labute approximate surface area is 151 Å². The van der Waals surface area contributed by atoms with E-state index in [0.29, 0.717) is 0 Å². The first-order chi connectivity index (χ1) is 12.8. The molecule has 0 aromatic carbocycles. The number of ether oxygens (including phenoxy) is 3. The third kappa shape index (κ3) is 3.61. The number of nitrogens with one attached hydrogen (secondary N) is 1. The molecule has 1 aromatic rings. The van der Waals surface area contributed by atoms with Crippen LogP contribution in [0.5, 0.6) is 0 Å². The van der Waals surface area contributed by atoms with Gasteiger partial charge < -0.3 is 24.2 Å². The summed E-state index contributed by atoms with van der Waals surface area (Å²) in [6.45, 7) is 2.76. The van der Waals surface area contributed by atoms with Crippen LogP contribution in [0, 0.1) is 5.92 Å². The fourth-order valence-electron chi connectivity index (χ4n) is 2.57. The Morgan fingerprint density at radius 1 is 1.30 bits per heavy atom. The molecule has 0 aliphatic carbocycles. The topological polar surface area (TPSA) is 155 Å². The van der Waals surface area contributed by atoms with Gasteiger partial charge in [0, 0.05) is 12.3 Å². The molecule has 0 radical (unpaired) electrons. The van der Waals surface area contributed by atoms with E-state index in [1.54, 1.807) is 13.8 Å². The number of carbonyl (C=O) groups is 3. The number of rotatable bonds is 5. The third-order valence-corrected chi connectivity index (χ3v) is 3.95. The molecule has 2 fully saturated rings. The Bertz CT molecular complexity index is 821. The molecule has 1 unspecified atom stereocenters. The van der Waals surface area contributed by atoms with E-state index < -0.39 is 54.7 Å². The van der Waals surface area contributed by atoms with E-state index in [1.807, 2.05) is 0 Å². The predicted octanol–water partition coefficient (Wildman–Crippen LogP) is -1.50. The SMILES string of the molecule is CC(C)C(=O)ONc1ccn([C@@H]2OC(CO)[C@H]3OC(=O)C(=O)O[C@H]32)c(=O)n1. The highest BCUT2D eigenvalue weighted by molar-refractivity contribution is 6.30. The zero-order valence-electron chi connectivity index (χ0n) is 14.4. The summed E-state index contributed by atoms with van der Waals surface area (Å²) in [5.74, 6) is -3.35. The molecular weight excluding hydrogens is 366 g/mol. The van der Waals surface area contributed by atoms with Crippen LogP contribution in [-0.4, -0.2) is 57.5 Å². The standard InChI is InChI=1S/C15H17N3O9/c1-6(2)12(20)27-17-8-3-4-18(15(23)16-8)11-10-9(7(5-19)24-11)25-13(21)14(22)26-10/h3-4,6-7,9-11,19H,5H2,1-2H3,(H,16,17,23)/t7?,9-,10-,11-/m1/s1. The Morgan fingerprint density at radius 2 is 1.96 bits per heavy atom. The maximum absolute atomic E-state index is 12.3. The van der Waals surface area contributed by atoms with Crippen LogP contribution in [-0.2, 0) is 33.4 Å². The summed E-state index contributed by atoms with van der Waals surface area (Å²) in [6.07, 6.45) is -3.04. The van der Waals surface area contributed by atoms with E-state index in [4.69, 9.17) is 19.0 Å². The second kappa shape index (κ2) is 7.32. The fourth-order valence-corrected chi connectivity index (χ4v) is 2.57. The average molecular weight is 383 g/mol. The maximum Gasteiger partial charge on any atom is 0.418 e. The van der Waals surface area contributed by atoms with Gasteiger partial charge in [-0.05, 0) is 0 Å². The first-order valence-electron chi connectivity index (χ1n) is 8.05. The fraction of sp³-hybridized carbons (Fsp3) is 0.533. The van der Waals surface area contributed by atoms with E-state index >= 15 is 0 Å². The molecule has 0 amide bonds. The van der Waals surface area contributed by atoms with Crippen molar-refractivity contribution in [2.24, 2.45) is 5.92 Å². The maximum atomic E-state index is 12.3. The molecule has 27 heavy (non-hydrogen) atoms. The highest BCUT2D eigenvalue weighted by Crippen LogP contribution is 2.35. The summed E-state index contributed by atoms with van der Waals surface area (Å²) in [5, 5.41) is 9.38. The lowest BCUT2D eigenvalue weighted by atomic mass is 10.1. The Balaban J connectivity index is 1.79. The van der Waals surface area contributed by atoms with Crippen LogP contribution < -0.4 is 11.2 Å². The molecule has 1 aromatic heterocycles. The number of carbonyl (C=O) groups excluding carboxylic acids is 3. The summed E-state index contributed by atoms with van der Waals surface area (Å²) in [5.41, 5.74) is 1.45. The summed E-state index contributed by atoms with van der Waals surface area (Å²) in [4.78, 5) is 55.0. The Hall–Kier alpha value is -2.99. The van der Waals surface area contributed by atoms with Crippen LogP contribution in [0.15, 0.2) is 17.1 Å². The van der Waals surface area contributed by atoms with Gasteiger partial charge in [-0.15, -0.1) is 0 Å². The predicted molar refractivity (Wildman–Crippen MR) is 83.8 cm³/mol. The number of hydrogen-bond donors (Lipinski definition) is 2. The molecule has 2 aliphatic heterocycles. The number of hydrogen-bond acceptors (Lipinski definition) is 11. The van der Waals surface area contributed by atoms with Crippen LogP contribution in [0.2, 0.25) is 0 Å². The van der Waals surface area contributed by atoms with Crippen molar-refractivity contribution in [1.82, 2.24) is 9.55 Å². The van der Waals surface area contributed by atoms with Gasteiger partial charge in [0.2, 0.25) is 0 Å². The first-order valence-corrected chi connectivity index (χ1v) is 8.05. The van der Waals surface area contributed by atoms with Gasteiger partial charge in [-0.2, -0.15) is 4.98 Å². The van der Waals surface area contributed by atoms with Gasteiger partial charge in [0.15, 0.2) is 24.3 Å². The Kier molecular flexibility index (Phi) is 5.10. The smallest absolute Gasteiger partial charge is 0.418 e. The number of anilines is 1. The van der Waals surface area contributed by atoms with E-state index in [-0.39, 0.29) is 11.7 Å². The van der Waals surface area contributed by atoms with Crippen molar-refractivity contribution in [2.75, 3.05) is 12.1 Å². The van der Waals surface area contributed by atoms with E-state index in [2.05, 4.69) is 10.5 Å². The van der Waals surface area contributed by atoms with Crippen LogP contribution >= 0.6 is 0 Å². The second-order valence-electron chi connectivity index (χ2n) is 6.17. The molecule has 12 nitrogen and oxygen atoms in total. The molecule has 0 spiro atoms. The van der Waals surface area contributed by atoms with Crippen LogP contribution in [0.4, 0.5) is 5.82 Å². The molecule has 2 N–H and O–H groups in total. The third-order valence-electron chi connectivity index (χ3n) is 3.95. The van der Waals surface area contributed by atoms with E-state index in [9.17, 15) is 24.3 Å². The largest absolute Gasteiger partial charge is 0.447 e. The van der Waals surface area contributed by atoms with Crippen molar-refractivity contribution in [1.29, 1.82) is 0 Å². The quantitative estimate of drug-likeness (QED) is 0.264. The van der Waals surface area contributed by atoms with Gasteiger partial charge >= 0.3 is 23.6 Å².